The third-order valence-electron chi connectivity index (χ3n) is 1.74. The van der Waals surface area contributed by atoms with E-state index in [1.165, 1.54) is 4.68 Å². The Labute approximate surface area is 66.8 Å². The van der Waals surface area contributed by atoms with Crippen LogP contribution in [-0.2, 0) is 0 Å². The van der Waals surface area contributed by atoms with E-state index in [0.717, 1.165) is 25.0 Å². The zero-order chi connectivity index (χ0) is 8.27. The van der Waals surface area contributed by atoms with Gasteiger partial charge in [0.05, 0.1) is 0 Å². The number of allylic oxidation sites excluding steroid dienone is 1. The van der Waals surface area contributed by atoms with Gasteiger partial charge in [-0.15, -0.1) is 6.58 Å². The molecule has 0 heterocycles. The van der Waals surface area contributed by atoms with E-state index in [1.54, 1.807) is 6.08 Å². The van der Waals surface area contributed by atoms with E-state index in [0.29, 0.717) is 6.42 Å². The molecular weight excluding hydrogens is 140 g/mol. The van der Waals surface area contributed by atoms with Gasteiger partial charge in [0.15, 0.2) is 5.71 Å². The molecule has 62 valence electrons. The van der Waals surface area contributed by atoms with Gasteiger partial charge in [0.2, 0.25) is 6.23 Å². The van der Waals surface area contributed by atoms with Crippen molar-refractivity contribution in [2.45, 2.75) is 31.9 Å². The highest BCUT2D eigenvalue weighted by Gasteiger charge is 2.25. The maximum Gasteiger partial charge on any atom is 0.250 e. The van der Waals surface area contributed by atoms with Crippen LogP contribution in [0.4, 0.5) is 0 Å². The third kappa shape index (κ3) is 2.35. The summed E-state index contributed by atoms with van der Waals surface area (Å²) in [5, 5.41) is 9.33. The summed E-state index contributed by atoms with van der Waals surface area (Å²) in [7, 11) is 0. The SMILES string of the molecule is C=CCCC(O)[N+]([NH-])=C1CC1. The van der Waals surface area contributed by atoms with Crippen LogP contribution in [0, 0.1) is 0 Å². The average Bonchev–Trinajstić information content (AvgIpc) is 2.81. The lowest BCUT2D eigenvalue weighted by Gasteiger charge is -2.09. The first kappa shape index (κ1) is 8.27. The molecule has 11 heavy (non-hydrogen) atoms. The van der Waals surface area contributed by atoms with Gasteiger partial charge in [-0.1, -0.05) is 6.08 Å². The first-order valence-electron chi connectivity index (χ1n) is 3.90. The van der Waals surface area contributed by atoms with E-state index in [9.17, 15) is 5.11 Å². The molecule has 0 spiro atoms. The average molecular weight is 154 g/mol. The largest absolute Gasteiger partial charge is 0.452 e. The number of hydrogen-bond acceptors (Lipinski definition) is 1. The van der Waals surface area contributed by atoms with E-state index in [4.69, 9.17) is 5.84 Å². The van der Waals surface area contributed by atoms with Crippen molar-refractivity contribution in [1.82, 2.24) is 0 Å². The van der Waals surface area contributed by atoms with Crippen LogP contribution in [0.1, 0.15) is 25.7 Å². The van der Waals surface area contributed by atoms with E-state index >= 15 is 0 Å². The number of rotatable bonds is 4. The first-order chi connectivity index (χ1) is 5.25. The van der Waals surface area contributed by atoms with Gasteiger partial charge in [-0.3, -0.25) is 4.68 Å². The van der Waals surface area contributed by atoms with Crippen LogP contribution in [-0.4, -0.2) is 21.7 Å². The Balaban J connectivity index is 2.34. The maximum atomic E-state index is 9.33. The standard InChI is InChI=1S/C8H14N2O/c1-2-3-4-8(11)10(9)7-5-6-7/h2,8-9,11H,1,3-6H2. The monoisotopic (exact) mass is 154 g/mol. The molecule has 1 aliphatic carbocycles. The lowest BCUT2D eigenvalue weighted by Crippen LogP contribution is -2.20. The molecule has 1 atom stereocenters. The van der Waals surface area contributed by atoms with Crippen LogP contribution < -0.4 is 0 Å². The second-order valence-electron chi connectivity index (χ2n) is 2.78. The summed E-state index contributed by atoms with van der Waals surface area (Å²) in [6.07, 6.45) is 4.46. The van der Waals surface area contributed by atoms with E-state index < -0.39 is 6.23 Å². The molecule has 1 unspecified atom stereocenters. The highest BCUT2D eigenvalue weighted by molar-refractivity contribution is 5.93. The van der Waals surface area contributed by atoms with Gasteiger partial charge >= 0.3 is 0 Å². The maximum absolute atomic E-state index is 9.33. The molecular formula is C8H14N2O. The van der Waals surface area contributed by atoms with Crippen molar-refractivity contribution < 1.29 is 9.79 Å². The molecule has 1 aliphatic rings. The van der Waals surface area contributed by atoms with Crippen LogP contribution in [0.2, 0.25) is 0 Å². The highest BCUT2D eigenvalue weighted by Crippen LogP contribution is 2.16. The molecule has 0 aromatic heterocycles. The van der Waals surface area contributed by atoms with E-state index in [-0.39, 0.29) is 0 Å². The lowest BCUT2D eigenvalue weighted by atomic mass is 10.3. The minimum atomic E-state index is -0.634. The first-order valence-corrected chi connectivity index (χ1v) is 3.90. The second kappa shape index (κ2) is 3.53. The summed E-state index contributed by atoms with van der Waals surface area (Å²) < 4.78 is 1.23. The second-order valence-corrected chi connectivity index (χ2v) is 2.78. The van der Waals surface area contributed by atoms with Gasteiger partial charge in [0.1, 0.15) is 0 Å². The number of aliphatic hydroxyl groups excluding tert-OH is 1. The molecule has 0 radical (unpaired) electrons. The summed E-state index contributed by atoms with van der Waals surface area (Å²) in [6.45, 7) is 3.55. The highest BCUT2D eigenvalue weighted by atomic mass is 16.3. The smallest absolute Gasteiger partial charge is 0.250 e. The Morgan fingerprint density at radius 2 is 2.36 bits per heavy atom. The minimum absolute atomic E-state index is 0.608. The zero-order valence-corrected chi connectivity index (χ0v) is 6.58. The van der Waals surface area contributed by atoms with Crippen molar-refractivity contribution in [2.75, 3.05) is 0 Å². The molecule has 0 bridgehead atoms. The van der Waals surface area contributed by atoms with Crippen LogP contribution in [0.25, 0.3) is 5.84 Å². The van der Waals surface area contributed by atoms with Crippen LogP contribution in [0.15, 0.2) is 12.7 Å². The fraction of sp³-hybridized carbons (Fsp3) is 0.625. The predicted molar refractivity (Wildman–Crippen MR) is 44.3 cm³/mol. The predicted octanol–water partition coefficient (Wildman–Crippen LogP) is 1.49. The Bertz CT molecular complexity index is 181. The van der Waals surface area contributed by atoms with Crippen molar-refractivity contribution >= 4 is 5.71 Å². The molecule has 0 aromatic rings. The summed E-state index contributed by atoms with van der Waals surface area (Å²) in [5.74, 6) is 7.39. The number of nitrogens with zero attached hydrogens (tertiary/aromatic N) is 1. The Morgan fingerprint density at radius 1 is 1.73 bits per heavy atom. The van der Waals surface area contributed by atoms with Gasteiger partial charge in [-0.2, -0.15) is 0 Å². The molecule has 2 N–H and O–H groups in total. The minimum Gasteiger partial charge on any atom is -0.452 e. The fourth-order valence-corrected chi connectivity index (χ4v) is 0.904. The Morgan fingerprint density at radius 3 is 2.82 bits per heavy atom. The molecule has 1 fully saturated rings. The Hall–Kier alpha value is -0.830. The van der Waals surface area contributed by atoms with Gasteiger partial charge in [0, 0.05) is 19.3 Å². The van der Waals surface area contributed by atoms with Crippen molar-refractivity contribution in [2.24, 2.45) is 0 Å². The lowest BCUT2D eigenvalue weighted by molar-refractivity contribution is -0.551. The van der Waals surface area contributed by atoms with E-state index in [1.807, 2.05) is 0 Å². The summed E-state index contributed by atoms with van der Waals surface area (Å²) in [4.78, 5) is 0. The number of aliphatic hydroxyl groups is 1. The molecule has 3 heteroatoms. The summed E-state index contributed by atoms with van der Waals surface area (Å²) in [5.41, 5.74) is 1.04. The molecule has 1 saturated carbocycles. The molecule has 0 amide bonds. The Kier molecular flexibility index (Phi) is 2.65. The molecule has 3 nitrogen and oxygen atoms in total. The quantitative estimate of drug-likeness (QED) is 0.283. The van der Waals surface area contributed by atoms with Crippen molar-refractivity contribution in [3.8, 4) is 0 Å². The molecule has 1 rings (SSSR count). The van der Waals surface area contributed by atoms with Crippen LogP contribution in [0.3, 0.4) is 0 Å². The van der Waals surface area contributed by atoms with Crippen LogP contribution in [0.5, 0.6) is 0 Å². The topological polar surface area (TPSA) is 47.0 Å². The molecule has 0 aromatic carbocycles. The van der Waals surface area contributed by atoms with E-state index in [2.05, 4.69) is 6.58 Å². The van der Waals surface area contributed by atoms with Gasteiger partial charge in [0.25, 0.3) is 0 Å². The summed E-state index contributed by atoms with van der Waals surface area (Å²) in [6, 6.07) is 0. The van der Waals surface area contributed by atoms with Crippen LogP contribution >= 0.6 is 0 Å². The van der Waals surface area contributed by atoms with Gasteiger partial charge in [-0.05, 0) is 6.42 Å². The normalized spacial score (nSPS) is 17.7. The summed E-state index contributed by atoms with van der Waals surface area (Å²) >= 11 is 0. The van der Waals surface area contributed by atoms with Crippen molar-refractivity contribution in [3.63, 3.8) is 0 Å². The number of nitrogens with one attached hydrogen (secondary N) is 1. The third-order valence-corrected chi connectivity index (χ3v) is 1.74. The van der Waals surface area contributed by atoms with Gasteiger partial charge in [-0.25, -0.2) is 0 Å². The van der Waals surface area contributed by atoms with Gasteiger partial charge < -0.3 is 10.9 Å². The van der Waals surface area contributed by atoms with Crippen molar-refractivity contribution in [1.29, 1.82) is 0 Å². The molecule has 0 aliphatic heterocycles. The fourth-order valence-electron chi connectivity index (χ4n) is 0.904. The van der Waals surface area contributed by atoms with Crippen molar-refractivity contribution in [3.05, 3.63) is 18.5 Å². The number of hydrogen-bond donors (Lipinski definition) is 1. The molecule has 0 saturated heterocycles. The zero-order valence-electron chi connectivity index (χ0n) is 6.58.